The lowest BCUT2D eigenvalue weighted by Crippen LogP contribution is -2.16. The van der Waals surface area contributed by atoms with E-state index in [-0.39, 0.29) is 6.61 Å². The van der Waals surface area contributed by atoms with Crippen LogP contribution in [0.25, 0.3) is 0 Å². The summed E-state index contributed by atoms with van der Waals surface area (Å²) < 4.78 is 42.9. The van der Waals surface area contributed by atoms with E-state index in [4.69, 9.17) is 15.9 Å². The maximum atomic E-state index is 12.5. The first-order chi connectivity index (χ1) is 14.3. The molecule has 0 aliphatic carbocycles. The number of carbonyl (C=O) groups is 1. The van der Waals surface area contributed by atoms with Crippen molar-refractivity contribution in [1.29, 1.82) is 5.41 Å². The van der Waals surface area contributed by atoms with Crippen molar-refractivity contribution in [2.45, 2.75) is 6.18 Å². The number of anilines is 2. The number of benzene rings is 2. The molecule has 0 saturated carbocycles. The van der Waals surface area contributed by atoms with Crippen molar-refractivity contribution in [3.05, 3.63) is 78.0 Å². The van der Waals surface area contributed by atoms with Gasteiger partial charge >= 0.3 is 6.18 Å². The van der Waals surface area contributed by atoms with E-state index in [0.29, 0.717) is 29.2 Å². The molecule has 0 heterocycles. The summed E-state index contributed by atoms with van der Waals surface area (Å²) in [5.74, 6) is -0.0795. The molecule has 0 aliphatic heterocycles. The second kappa shape index (κ2) is 10.7. The van der Waals surface area contributed by atoms with E-state index in [1.165, 1.54) is 30.5 Å². The van der Waals surface area contributed by atoms with Crippen molar-refractivity contribution in [3.63, 3.8) is 0 Å². The molecule has 5 N–H and O–H groups in total. The van der Waals surface area contributed by atoms with Gasteiger partial charge in [0.1, 0.15) is 12.4 Å². The second-order valence-electron chi connectivity index (χ2n) is 6.02. The van der Waals surface area contributed by atoms with Crippen LogP contribution in [0.5, 0.6) is 5.75 Å². The molecular formula is C21H21F3N4O2. The zero-order valence-corrected chi connectivity index (χ0v) is 15.9. The number of amides is 1. The van der Waals surface area contributed by atoms with Crippen molar-refractivity contribution in [2.75, 3.05) is 24.2 Å². The molecule has 0 saturated heterocycles. The zero-order chi connectivity index (χ0) is 22.0. The lowest BCUT2D eigenvalue weighted by Gasteiger charge is -2.09. The Kier molecular flexibility index (Phi) is 8.04. The van der Waals surface area contributed by atoms with E-state index >= 15 is 0 Å². The third kappa shape index (κ3) is 7.34. The van der Waals surface area contributed by atoms with Gasteiger partial charge in [-0.3, -0.25) is 4.79 Å². The van der Waals surface area contributed by atoms with Gasteiger partial charge in [-0.05, 0) is 42.5 Å². The molecule has 0 bridgehead atoms. The molecule has 0 unspecified atom stereocenters. The maximum Gasteiger partial charge on any atom is 0.416 e. The average Bonchev–Trinajstić information content (AvgIpc) is 2.71. The van der Waals surface area contributed by atoms with Gasteiger partial charge in [0.25, 0.3) is 0 Å². The highest BCUT2D eigenvalue weighted by molar-refractivity contribution is 6.02. The van der Waals surface area contributed by atoms with Crippen LogP contribution in [-0.2, 0) is 11.0 Å². The molecule has 158 valence electrons. The van der Waals surface area contributed by atoms with Crippen molar-refractivity contribution in [2.24, 2.45) is 0 Å². The first-order valence-electron chi connectivity index (χ1n) is 8.87. The number of nitrogens with two attached hydrogens (primary N) is 1. The molecule has 0 atom stereocenters. The van der Waals surface area contributed by atoms with Gasteiger partial charge in [0.2, 0.25) is 5.91 Å². The molecular weight excluding hydrogens is 397 g/mol. The van der Waals surface area contributed by atoms with Crippen molar-refractivity contribution >= 4 is 23.5 Å². The number of alkyl halides is 3. The van der Waals surface area contributed by atoms with Crippen LogP contribution in [0.15, 0.2) is 72.5 Å². The average molecular weight is 418 g/mol. The molecule has 2 aromatic carbocycles. The molecule has 2 aromatic rings. The van der Waals surface area contributed by atoms with E-state index in [0.717, 1.165) is 18.3 Å². The van der Waals surface area contributed by atoms with E-state index in [9.17, 15) is 18.0 Å². The number of rotatable bonds is 9. The molecule has 2 rings (SSSR count). The molecule has 0 radical (unpaired) electrons. The molecule has 9 heteroatoms. The first kappa shape index (κ1) is 22.5. The monoisotopic (exact) mass is 418 g/mol. The molecule has 30 heavy (non-hydrogen) atoms. The molecule has 0 aliphatic rings. The summed E-state index contributed by atoms with van der Waals surface area (Å²) in [6.45, 7) is 0.545. The van der Waals surface area contributed by atoms with Gasteiger partial charge in [-0.15, -0.1) is 0 Å². The molecule has 0 spiro atoms. The van der Waals surface area contributed by atoms with Gasteiger partial charge in [-0.2, -0.15) is 13.2 Å². The lowest BCUT2D eigenvalue weighted by molar-refractivity contribution is -0.137. The highest BCUT2D eigenvalue weighted by Crippen LogP contribution is 2.30. The predicted molar refractivity (Wildman–Crippen MR) is 110 cm³/mol. The van der Waals surface area contributed by atoms with Gasteiger partial charge in [0.15, 0.2) is 0 Å². The van der Waals surface area contributed by atoms with E-state index in [1.54, 1.807) is 24.3 Å². The molecule has 1 amide bonds. The normalized spacial score (nSPS) is 11.9. The third-order valence-corrected chi connectivity index (χ3v) is 3.78. The fraction of sp³-hybridized carbons (Fsp3) is 0.143. The minimum atomic E-state index is -4.38. The van der Waals surface area contributed by atoms with Crippen LogP contribution < -0.4 is 21.1 Å². The van der Waals surface area contributed by atoms with Crippen LogP contribution in [-0.4, -0.2) is 25.3 Å². The smallest absolute Gasteiger partial charge is 0.416 e. The predicted octanol–water partition coefficient (Wildman–Crippen LogP) is 3.98. The lowest BCUT2D eigenvalue weighted by atomic mass is 10.2. The quantitative estimate of drug-likeness (QED) is 0.163. The van der Waals surface area contributed by atoms with Crippen LogP contribution in [0.1, 0.15) is 5.56 Å². The Morgan fingerprint density at radius 2 is 1.80 bits per heavy atom. The van der Waals surface area contributed by atoms with Gasteiger partial charge in [-0.25, -0.2) is 0 Å². The van der Waals surface area contributed by atoms with Gasteiger partial charge in [-0.1, -0.05) is 12.1 Å². The summed E-state index contributed by atoms with van der Waals surface area (Å²) in [5.41, 5.74) is 6.38. The van der Waals surface area contributed by atoms with E-state index < -0.39 is 17.6 Å². The number of nitrogens with one attached hydrogen (secondary N) is 3. The highest BCUT2D eigenvalue weighted by atomic mass is 19.4. The van der Waals surface area contributed by atoms with Gasteiger partial charge in [0.05, 0.1) is 16.9 Å². The Morgan fingerprint density at radius 3 is 2.43 bits per heavy atom. The number of hydrogen-bond acceptors (Lipinski definition) is 5. The SMILES string of the molecule is N=CC(=C\NCCOc1ccc(C(F)(F)F)cc1)/C=C/C(=O)Nc1ccccc1N. The Balaban J connectivity index is 1.77. The van der Waals surface area contributed by atoms with Crippen molar-refractivity contribution < 1.29 is 22.7 Å². The van der Waals surface area contributed by atoms with Gasteiger partial charge in [0, 0.05) is 30.6 Å². The van der Waals surface area contributed by atoms with E-state index in [1.807, 2.05) is 0 Å². The molecule has 0 fully saturated rings. The number of halogens is 3. The third-order valence-electron chi connectivity index (χ3n) is 3.78. The van der Waals surface area contributed by atoms with Gasteiger partial charge < -0.3 is 26.5 Å². The second-order valence-corrected chi connectivity index (χ2v) is 6.02. The Bertz CT molecular complexity index is 923. The molecule has 0 aromatic heterocycles. The summed E-state index contributed by atoms with van der Waals surface area (Å²) in [4.78, 5) is 11.9. The Labute approximate surface area is 171 Å². The van der Waals surface area contributed by atoms with Crippen LogP contribution in [0, 0.1) is 5.41 Å². The summed E-state index contributed by atoms with van der Waals surface area (Å²) >= 11 is 0. The van der Waals surface area contributed by atoms with Crippen LogP contribution in [0.4, 0.5) is 24.5 Å². The van der Waals surface area contributed by atoms with Crippen LogP contribution in [0.2, 0.25) is 0 Å². The standard InChI is InChI=1S/C21H21F3N4O2/c22-21(23,24)16-6-8-17(9-7-16)30-12-11-27-14-15(13-25)5-10-20(29)28-19-4-2-1-3-18(19)26/h1-10,13-14,25,27H,11-12,26H2,(H,28,29)/b10-5+,15-14-,25-13?. The summed E-state index contributed by atoms with van der Waals surface area (Å²) in [6, 6.07) is 11.2. The Hall–Kier alpha value is -3.75. The largest absolute Gasteiger partial charge is 0.492 e. The van der Waals surface area contributed by atoms with Crippen LogP contribution in [0.3, 0.4) is 0 Å². The fourth-order valence-corrected chi connectivity index (χ4v) is 2.25. The number of para-hydroxylation sites is 2. The number of nitrogen functional groups attached to an aromatic ring is 1. The fourth-order valence-electron chi connectivity index (χ4n) is 2.25. The summed E-state index contributed by atoms with van der Waals surface area (Å²) in [5, 5.41) is 12.9. The first-order valence-corrected chi connectivity index (χ1v) is 8.87. The minimum absolute atomic E-state index is 0.199. The number of allylic oxidation sites excluding steroid dienone is 2. The van der Waals surface area contributed by atoms with Crippen molar-refractivity contribution in [1.82, 2.24) is 5.32 Å². The molecule has 6 nitrogen and oxygen atoms in total. The summed E-state index contributed by atoms with van der Waals surface area (Å²) in [7, 11) is 0. The topological polar surface area (TPSA) is 100 Å². The number of carbonyl (C=O) groups excluding carboxylic acids is 1. The minimum Gasteiger partial charge on any atom is -0.492 e. The summed E-state index contributed by atoms with van der Waals surface area (Å²) in [6.07, 6.45) is 0.912. The van der Waals surface area contributed by atoms with Crippen LogP contribution >= 0.6 is 0 Å². The number of hydrogen-bond donors (Lipinski definition) is 4. The number of ether oxygens (including phenoxy) is 1. The van der Waals surface area contributed by atoms with E-state index in [2.05, 4.69) is 10.6 Å². The van der Waals surface area contributed by atoms with Crippen molar-refractivity contribution in [3.8, 4) is 5.75 Å². The maximum absolute atomic E-state index is 12.5. The zero-order valence-electron chi connectivity index (χ0n) is 15.9. The Morgan fingerprint density at radius 1 is 1.10 bits per heavy atom. The highest BCUT2D eigenvalue weighted by Gasteiger charge is 2.29.